The first kappa shape index (κ1) is 14.7. The maximum Gasteiger partial charge on any atom is 0.269 e. The number of nitrogen functional groups attached to an aromatic ring is 1. The number of anilines is 3. The fraction of sp³-hybridized carbons (Fsp3) is 0.167. The number of nitrogens with one attached hydrogen (secondary N) is 2. The minimum Gasteiger partial charge on any atom is -0.382 e. The Morgan fingerprint density at radius 2 is 2.30 bits per heavy atom. The van der Waals surface area contributed by atoms with E-state index in [9.17, 15) is 9.18 Å². The van der Waals surface area contributed by atoms with Gasteiger partial charge in [-0.2, -0.15) is 0 Å². The lowest BCUT2D eigenvalue weighted by molar-refractivity contribution is 0.103. The summed E-state index contributed by atoms with van der Waals surface area (Å²) in [5, 5.41) is 6.15. The van der Waals surface area contributed by atoms with E-state index in [1.165, 1.54) is 12.1 Å². The van der Waals surface area contributed by atoms with E-state index in [4.69, 9.17) is 5.73 Å². The monoisotopic (exact) mass is 358 g/mol. The molecule has 0 aliphatic carbocycles. The molecule has 0 unspecified atom stereocenters. The summed E-state index contributed by atoms with van der Waals surface area (Å²) in [5.74, 6) is -0.708. The number of rotatable bonds is 4. The van der Waals surface area contributed by atoms with Crippen LogP contribution in [0.1, 0.15) is 16.6 Å². The summed E-state index contributed by atoms with van der Waals surface area (Å²) in [4.78, 5) is 16.4. The van der Waals surface area contributed by atoms with Crippen LogP contribution in [0.25, 0.3) is 0 Å². The molecule has 0 saturated carbocycles. The average Bonchev–Trinajstić information content (AvgIpc) is 2.75. The van der Waals surface area contributed by atoms with Gasteiger partial charge in [0, 0.05) is 12.2 Å². The third-order valence-electron chi connectivity index (χ3n) is 2.37. The Morgan fingerprint density at radius 1 is 1.55 bits per heavy atom. The number of benzene rings is 1. The van der Waals surface area contributed by atoms with Gasteiger partial charge in [-0.1, -0.05) is 11.3 Å². The summed E-state index contributed by atoms with van der Waals surface area (Å²) in [6, 6.07) is 4.34. The fourth-order valence-electron chi connectivity index (χ4n) is 1.48. The van der Waals surface area contributed by atoms with Crippen LogP contribution < -0.4 is 16.4 Å². The van der Waals surface area contributed by atoms with E-state index in [1.807, 2.05) is 6.92 Å². The standard InChI is InChI=1S/C12H12BrFN4OS/c1-2-16-12-18-10(15)9(20-12)11(19)17-6-3-4-7(13)8(14)5-6/h3-5H,2,15H2,1H3,(H,16,18)(H,17,19). The van der Waals surface area contributed by atoms with Gasteiger partial charge in [0.05, 0.1) is 4.47 Å². The van der Waals surface area contributed by atoms with Crippen LogP contribution in [-0.4, -0.2) is 17.4 Å². The summed E-state index contributed by atoms with van der Waals surface area (Å²) in [7, 11) is 0. The van der Waals surface area contributed by atoms with E-state index in [1.54, 1.807) is 6.07 Å². The second kappa shape index (κ2) is 6.19. The maximum absolute atomic E-state index is 13.4. The fourth-order valence-corrected chi connectivity index (χ4v) is 2.58. The molecule has 2 rings (SSSR count). The molecule has 0 saturated heterocycles. The van der Waals surface area contributed by atoms with Gasteiger partial charge in [0.1, 0.15) is 16.5 Å². The molecule has 0 spiro atoms. The molecule has 0 atom stereocenters. The Kier molecular flexibility index (Phi) is 4.56. The van der Waals surface area contributed by atoms with Gasteiger partial charge >= 0.3 is 0 Å². The van der Waals surface area contributed by atoms with Crippen LogP contribution in [-0.2, 0) is 0 Å². The molecular weight excluding hydrogens is 347 g/mol. The number of halogens is 2. The number of thiazole rings is 1. The number of carbonyl (C=O) groups is 1. The normalized spacial score (nSPS) is 10.3. The number of amides is 1. The van der Waals surface area contributed by atoms with Crippen molar-refractivity contribution in [1.29, 1.82) is 0 Å². The lowest BCUT2D eigenvalue weighted by Gasteiger charge is -2.04. The second-order valence-corrected chi connectivity index (χ2v) is 5.70. The quantitative estimate of drug-likeness (QED) is 0.783. The van der Waals surface area contributed by atoms with Crippen LogP contribution in [0, 0.1) is 5.82 Å². The molecule has 1 aromatic heterocycles. The van der Waals surface area contributed by atoms with Crippen molar-refractivity contribution in [3.8, 4) is 0 Å². The van der Waals surface area contributed by atoms with E-state index in [0.717, 1.165) is 11.3 Å². The van der Waals surface area contributed by atoms with Crippen LogP contribution in [0.4, 0.5) is 21.0 Å². The van der Waals surface area contributed by atoms with Gasteiger partial charge < -0.3 is 16.4 Å². The zero-order valence-electron chi connectivity index (χ0n) is 10.5. The summed E-state index contributed by atoms with van der Waals surface area (Å²) in [5.41, 5.74) is 6.05. The minimum absolute atomic E-state index is 0.154. The highest BCUT2D eigenvalue weighted by atomic mass is 79.9. The number of nitrogens with two attached hydrogens (primary N) is 1. The van der Waals surface area contributed by atoms with Crippen LogP contribution in [0.15, 0.2) is 22.7 Å². The van der Waals surface area contributed by atoms with Gasteiger partial charge in [0.25, 0.3) is 5.91 Å². The Hall–Kier alpha value is -1.67. The van der Waals surface area contributed by atoms with Gasteiger partial charge in [-0.15, -0.1) is 0 Å². The Morgan fingerprint density at radius 3 is 2.95 bits per heavy atom. The van der Waals surface area contributed by atoms with Crippen molar-refractivity contribution in [1.82, 2.24) is 4.98 Å². The number of aromatic nitrogens is 1. The molecule has 20 heavy (non-hydrogen) atoms. The molecule has 106 valence electrons. The molecule has 0 fully saturated rings. The smallest absolute Gasteiger partial charge is 0.269 e. The zero-order valence-corrected chi connectivity index (χ0v) is 12.9. The third kappa shape index (κ3) is 3.26. The minimum atomic E-state index is -0.451. The predicted molar refractivity (Wildman–Crippen MR) is 82.7 cm³/mol. The highest BCUT2D eigenvalue weighted by molar-refractivity contribution is 9.10. The summed E-state index contributed by atoms with van der Waals surface area (Å²) < 4.78 is 13.7. The molecule has 1 heterocycles. The number of carbonyl (C=O) groups excluding carboxylic acids is 1. The number of hydrogen-bond acceptors (Lipinski definition) is 5. The highest BCUT2D eigenvalue weighted by Crippen LogP contribution is 2.26. The van der Waals surface area contributed by atoms with Crippen LogP contribution in [0.2, 0.25) is 0 Å². The number of hydrogen-bond donors (Lipinski definition) is 3. The molecule has 5 nitrogen and oxygen atoms in total. The Labute approximate surface area is 127 Å². The summed E-state index contributed by atoms with van der Waals surface area (Å²) >= 11 is 4.21. The molecule has 1 amide bonds. The van der Waals surface area contributed by atoms with Crippen molar-refractivity contribution >= 4 is 49.8 Å². The van der Waals surface area contributed by atoms with Crippen molar-refractivity contribution in [2.45, 2.75) is 6.92 Å². The third-order valence-corrected chi connectivity index (χ3v) is 4.04. The first-order valence-electron chi connectivity index (χ1n) is 5.77. The van der Waals surface area contributed by atoms with Crippen LogP contribution in [0.5, 0.6) is 0 Å². The molecule has 1 aromatic carbocycles. The maximum atomic E-state index is 13.4. The van der Waals surface area contributed by atoms with Crippen molar-refractivity contribution in [2.24, 2.45) is 0 Å². The Bertz CT molecular complexity index is 646. The first-order chi connectivity index (χ1) is 9.51. The zero-order chi connectivity index (χ0) is 14.7. The lowest BCUT2D eigenvalue weighted by atomic mass is 10.3. The lowest BCUT2D eigenvalue weighted by Crippen LogP contribution is -2.12. The molecule has 0 bridgehead atoms. The van der Waals surface area contributed by atoms with Crippen molar-refractivity contribution in [3.63, 3.8) is 0 Å². The molecular formula is C12H12BrFN4OS. The summed E-state index contributed by atoms with van der Waals surface area (Å²) in [6.07, 6.45) is 0. The van der Waals surface area contributed by atoms with E-state index >= 15 is 0 Å². The largest absolute Gasteiger partial charge is 0.382 e. The van der Waals surface area contributed by atoms with Gasteiger partial charge in [0.2, 0.25) is 0 Å². The first-order valence-corrected chi connectivity index (χ1v) is 7.38. The molecule has 8 heteroatoms. The van der Waals surface area contributed by atoms with E-state index in [-0.39, 0.29) is 5.82 Å². The van der Waals surface area contributed by atoms with Crippen molar-refractivity contribution < 1.29 is 9.18 Å². The van der Waals surface area contributed by atoms with Crippen molar-refractivity contribution in [2.75, 3.05) is 22.9 Å². The van der Waals surface area contributed by atoms with Crippen LogP contribution >= 0.6 is 27.3 Å². The van der Waals surface area contributed by atoms with E-state index < -0.39 is 11.7 Å². The average molecular weight is 359 g/mol. The second-order valence-electron chi connectivity index (χ2n) is 3.85. The van der Waals surface area contributed by atoms with E-state index in [0.29, 0.717) is 26.7 Å². The van der Waals surface area contributed by atoms with Gasteiger partial charge in [-0.25, -0.2) is 9.37 Å². The molecule has 0 aliphatic heterocycles. The van der Waals surface area contributed by atoms with Crippen LogP contribution in [0.3, 0.4) is 0 Å². The highest BCUT2D eigenvalue weighted by Gasteiger charge is 2.16. The van der Waals surface area contributed by atoms with Gasteiger partial charge in [-0.3, -0.25) is 4.79 Å². The Balaban J connectivity index is 2.17. The molecule has 0 aliphatic rings. The van der Waals surface area contributed by atoms with Crippen molar-refractivity contribution in [3.05, 3.63) is 33.4 Å². The number of nitrogens with zero attached hydrogens (tertiary/aromatic N) is 1. The van der Waals surface area contributed by atoms with E-state index in [2.05, 4.69) is 31.5 Å². The molecule has 4 N–H and O–H groups in total. The molecule has 0 radical (unpaired) electrons. The van der Waals surface area contributed by atoms with Gasteiger partial charge in [0.15, 0.2) is 5.13 Å². The van der Waals surface area contributed by atoms with Gasteiger partial charge in [-0.05, 0) is 41.1 Å². The predicted octanol–water partition coefficient (Wildman–Crippen LogP) is 3.31. The SMILES string of the molecule is CCNc1nc(N)c(C(=O)Nc2ccc(Br)c(F)c2)s1. The molecule has 2 aromatic rings. The topological polar surface area (TPSA) is 80.0 Å². The summed E-state index contributed by atoms with van der Waals surface area (Å²) in [6.45, 7) is 2.61.